The van der Waals surface area contributed by atoms with Gasteiger partial charge < -0.3 is 5.73 Å². The van der Waals surface area contributed by atoms with Gasteiger partial charge in [-0.15, -0.1) is 0 Å². The fourth-order valence-corrected chi connectivity index (χ4v) is 4.09. The highest BCUT2D eigenvalue weighted by atomic mass is 35.5. The third-order valence-electron chi connectivity index (χ3n) is 3.00. The molecule has 10 heteroatoms. The van der Waals surface area contributed by atoms with Crippen molar-refractivity contribution in [3.05, 3.63) is 32.3 Å². The first-order valence-corrected chi connectivity index (χ1v) is 7.86. The van der Waals surface area contributed by atoms with Gasteiger partial charge in [0.05, 0.1) is 4.92 Å². The van der Waals surface area contributed by atoms with Crippen LogP contribution in [0.2, 0.25) is 10.0 Å². The first-order valence-electron chi connectivity index (χ1n) is 5.62. The van der Waals surface area contributed by atoms with Crippen LogP contribution in [0.25, 0.3) is 0 Å². The van der Waals surface area contributed by atoms with Crippen LogP contribution in [0.1, 0.15) is 12.8 Å². The van der Waals surface area contributed by atoms with Crippen molar-refractivity contribution >= 4 is 38.9 Å². The van der Waals surface area contributed by atoms with E-state index in [1.807, 2.05) is 0 Å². The number of nitro groups is 1. The quantitative estimate of drug-likeness (QED) is 0.639. The summed E-state index contributed by atoms with van der Waals surface area (Å²) < 4.78 is 26.7. The number of nitrogens with two attached hydrogens (primary N) is 1. The zero-order chi connectivity index (χ0) is 15.1. The van der Waals surface area contributed by atoms with E-state index in [9.17, 15) is 18.5 Å². The van der Waals surface area contributed by atoms with Gasteiger partial charge in [0, 0.05) is 12.1 Å². The Bertz CT molecular complexity index is 659. The molecular weight excluding hydrogens is 329 g/mol. The van der Waals surface area contributed by atoms with Gasteiger partial charge in [0.15, 0.2) is 0 Å². The highest BCUT2D eigenvalue weighted by Gasteiger charge is 2.33. The van der Waals surface area contributed by atoms with Gasteiger partial charge in [-0.2, -0.15) is 0 Å². The van der Waals surface area contributed by atoms with E-state index in [2.05, 4.69) is 4.72 Å². The topological polar surface area (TPSA) is 115 Å². The molecule has 2 rings (SSSR count). The summed E-state index contributed by atoms with van der Waals surface area (Å²) in [5, 5.41) is 10.1. The molecule has 0 heterocycles. The second-order valence-corrected chi connectivity index (χ2v) is 6.98. The van der Waals surface area contributed by atoms with Gasteiger partial charge in [-0.1, -0.05) is 23.2 Å². The van der Waals surface area contributed by atoms with Gasteiger partial charge in [0.2, 0.25) is 10.0 Å². The molecule has 0 aromatic heterocycles. The summed E-state index contributed by atoms with van der Waals surface area (Å²) >= 11 is 11.4. The van der Waals surface area contributed by atoms with E-state index in [0.717, 1.165) is 12.1 Å². The molecular formula is C10H11Cl2N3O4S. The predicted octanol–water partition coefficient (Wildman–Crippen LogP) is 1.67. The second-order valence-electron chi connectivity index (χ2n) is 4.51. The molecule has 0 aliphatic heterocycles. The zero-order valence-electron chi connectivity index (χ0n) is 10.0. The van der Waals surface area contributed by atoms with Crippen molar-refractivity contribution in [1.29, 1.82) is 0 Å². The molecule has 20 heavy (non-hydrogen) atoms. The lowest BCUT2D eigenvalue weighted by molar-refractivity contribution is -0.384. The average molecular weight is 340 g/mol. The van der Waals surface area contributed by atoms with E-state index < -0.39 is 25.7 Å². The normalized spacial score (nSPS) is 22.4. The fourth-order valence-electron chi connectivity index (χ4n) is 1.94. The van der Waals surface area contributed by atoms with E-state index in [4.69, 9.17) is 28.9 Å². The Morgan fingerprint density at radius 2 is 1.95 bits per heavy atom. The van der Waals surface area contributed by atoms with Crippen molar-refractivity contribution in [2.24, 2.45) is 5.73 Å². The Morgan fingerprint density at radius 1 is 1.35 bits per heavy atom. The van der Waals surface area contributed by atoms with E-state index in [0.29, 0.717) is 12.8 Å². The van der Waals surface area contributed by atoms with Crippen molar-refractivity contribution in [2.45, 2.75) is 29.8 Å². The van der Waals surface area contributed by atoms with Crippen molar-refractivity contribution in [2.75, 3.05) is 0 Å². The minimum Gasteiger partial charge on any atom is -0.328 e. The predicted molar refractivity (Wildman–Crippen MR) is 74.4 cm³/mol. The molecule has 110 valence electrons. The van der Waals surface area contributed by atoms with Crippen LogP contribution in [0, 0.1) is 10.1 Å². The maximum atomic E-state index is 12.1. The maximum Gasteiger partial charge on any atom is 0.307 e. The molecule has 1 aromatic rings. The van der Waals surface area contributed by atoms with Crippen LogP contribution in [-0.4, -0.2) is 25.4 Å². The third-order valence-corrected chi connectivity index (χ3v) is 5.36. The molecule has 1 saturated carbocycles. The molecule has 1 aliphatic carbocycles. The highest BCUT2D eigenvalue weighted by molar-refractivity contribution is 7.89. The van der Waals surface area contributed by atoms with Gasteiger partial charge in [-0.05, 0) is 25.0 Å². The van der Waals surface area contributed by atoms with Gasteiger partial charge in [0.1, 0.15) is 14.9 Å². The fraction of sp³-hybridized carbons (Fsp3) is 0.400. The van der Waals surface area contributed by atoms with Crippen LogP contribution in [0.5, 0.6) is 0 Å². The summed E-state index contributed by atoms with van der Waals surface area (Å²) in [7, 11) is -3.95. The molecule has 0 amide bonds. The van der Waals surface area contributed by atoms with Crippen LogP contribution in [-0.2, 0) is 10.0 Å². The van der Waals surface area contributed by atoms with E-state index >= 15 is 0 Å². The second kappa shape index (κ2) is 5.45. The lowest BCUT2D eigenvalue weighted by Gasteiger charge is -2.32. The molecule has 0 unspecified atom stereocenters. The number of sulfonamides is 1. The summed E-state index contributed by atoms with van der Waals surface area (Å²) in [6.45, 7) is 0. The summed E-state index contributed by atoms with van der Waals surface area (Å²) in [5.41, 5.74) is 4.95. The number of nitrogens with one attached hydrogen (secondary N) is 1. The van der Waals surface area contributed by atoms with Crippen molar-refractivity contribution in [3.8, 4) is 0 Å². The zero-order valence-corrected chi connectivity index (χ0v) is 12.4. The van der Waals surface area contributed by atoms with Crippen LogP contribution in [0.15, 0.2) is 17.0 Å². The summed E-state index contributed by atoms with van der Waals surface area (Å²) in [5.74, 6) is 0. The molecule has 7 nitrogen and oxygen atoms in total. The summed E-state index contributed by atoms with van der Waals surface area (Å²) in [6.07, 6.45) is 1.04. The van der Waals surface area contributed by atoms with Crippen LogP contribution in [0.3, 0.4) is 0 Å². The molecule has 1 aliphatic rings. The van der Waals surface area contributed by atoms with Gasteiger partial charge in [-0.25, -0.2) is 13.1 Å². The van der Waals surface area contributed by atoms with Crippen LogP contribution in [0.4, 0.5) is 5.69 Å². The first kappa shape index (κ1) is 15.5. The highest BCUT2D eigenvalue weighted by Crippen LogP contribution is 2.37. The lowest BCUT2D eigenvalue weighted by Crippen LogP contribution is -2.50. The number of halogens is 2. The Morgan fingerprint density at radius 3 is 2.45 bits per heavy atom. The van der Waals surface area contributed by atoms with Gasteiger partial charge in [0.25, 0.3) is 0 Å². The number of hydrogen-bond acceptors (Lipinski definition) is 5. The monoisotopic (exact) mass is 339 g/mol. The number of rotatable bonds is 4. The van der Waals surface area contributed by atoms with Crippen LogP contribution < -0.4 is 10.5 Å². The minimum absolute atomic E-state index is 0.0299. The molecule has 1 fully saturated rings. The molecule has 0 spiro atoms. The maximum absolute atomic E-state index is 12.1. The molecule has 0 bridgehead atoms. The SMILES string of the molecule is NC1CC(NS(=O)(=O)c2ccc(Cl)c([N+](=O)[O-])c2Cl)C1. The van der Waals surface area contributed by atoms with Crippen molar-refractivity contribution in [1.82, 2.24) is 4.72 Å². The van der Waals surface area contributed by atoms with Gasteiger partial charge >= 0.3 is 5.69 Å². The van der Waals surface area contributed by atoms with Gasteiger partial charge in [-0.3, -0.25) is 10.1 Å². The van der Waals surface area contributed by atoms with Crippen molar-refractivity contribution < 1.29 is 13.3 Å². The number of nitrogens with zero attached hydrogens (tertiary/aromatic N) is 1. The lowest BCUT2D eigenvalue weighted by atomic mass is 9.89. The van der Waals surface area contributed by atoms with Crippen LogP contribution >= 0.6 is 23.2 Å². The largest absolute Gasteiger partial charge is 0.328 e. The number of hydrogen-bond donors (Lipinski definition) is 2. The Labute approximate surface area is 125 Å². The van der Waals surface area contributed by atoms with E-state index in [1.165, 1.54) is 0 Å². The summed E-state index contributed by atoms with van der Waals surface area (Å²) in [4.78, 5) is 9.68. The third kappa shape index (κ3) is 2.89. The molecule has 3 N–H and O–H groups in total. The Hall–Kier alpha value is -0.930. The average Bonchev–Trinajstić information content (AvgIpc) is 2.25. The Kier molecular flexibility index (Phi) is 4.22. The van der Waals surface area contributed by atoms with Crippen molar-refractivity contribution in [3.63, 3.8) is 0 Å². The standard InChI is InChI=1S/C10H11Cl2N3O4S/c11-7-1-2-8(9(12)10(7)15(16)17)20(18,19)14-6-3-5(13)4-6/h1-2,5-6,14H,3-4,13H2. The molecule has 0 radical (unpaired) electrons. The summed E-state index contributed by atoms with van der Waals surface area (Å²) in [6, 6.07) is 1.96. The molecule has 0 saturated heterocycles. The van der Waals surface area contributed by atoms with E-state index in [-0.39, 0.29) is 22.0 Å². The Balaban J connectivity index is 2.37. The number of nitro benzene ring substituents is 1. The number of benzene rings is 1. The molecule has 0 atom stereocenters. The first-order chi connectivity index (χ1) is 9.22. The molecule has 1 aromatic carbocycles. The smallest absolute Gasteiger partial charge is 0.307 e. The van der Waals surface area contributed by atoms with E-state index in [1.54, 1.807) is 0 Å². The minimum atomic E-state index is -3.95.